The topological polar surface area (TPSA) is 50.8 Å². The van der Waals surface area contributed by atoms with Gasteiger partial charge in [0.05, 0.1) is 12.3 Å². The lowest BCUT2D eigenvalue weighted by molar-refractivity contribution is -0.124. The molecule has 3 aliphatic carbocycles. The number of amides is 1. The SMILES string of the molecule is CCCCCOc1ccccc1NC(=O)O[C@H]1[C@@H]2CC[C@@H]([C@@H]1CN(CC)CC)C(C)(C)C2. The van der Waals surface area contributed by atoms with Crippen LogP contribution in [0.25, 0.3) is 0 Å². The lowest BCUT2D eigenvalue weighted by atomic mass is 9.52. The quantitative estimate of drug-likeness (QED) is 0.391. The van der Waals surface area contributed by atoms with Crippen LogP contribution in [0.3, 0.4) is 0 Å². The number of benzene rings is 1. The van der Waals surface area contributed by atoms with E-state index in [4.69, 9.17) is 9.47 Å². The molecule has 3 fully saturated rings. The van der Waals surface area contributed by atoms with E-state index in [9.17, 15) is 4.79 Å². The van der Waals surface area contributed by atoms with Gasteiger partial charge < -0.3 is 14.4 Å². The van der Waals surface area contributed by atoms with E-state index in [0.717, 1.165) is 51.7 Å². The molecule has 0 heterocycles. The minimum atomic E-state index is -0.352. The summed E-state index contributed by atoms with van der Waals surface area (Å²) >= 11 is 0. The van der Waals surface area contributed by atoms with Crippen molar-refractivity contribution in [2.24, 2.45) is 23.2 Å². The summed E-state index contributed by atoms with van der Waals surface area (Å²) < 4.78 is 12.1. The molecule has 1 aromatic rings. The van der Waals surface area contributed by atoms with Crippen LogP contribution in [0.2, 0.25) is 0 Å². The molecule has 3 saturated carbocycles. The third-order valence-corrected chi connectivity index (χ3v) is 7.78. The molecule has 2 bridgehead atoms. The number of hydrogen-bond acceptors (Lipinski definition) is 4. The molecule has 0 aliphatic heterocycles. The number of ether oxygens (including phenoxy) is 2. The first-order valence-electron chi connectivity index (χ1n) is 12.8. The Hall–Kier alpha value is -1.75. The number of para-hydroxylation sites is 2. The van der Waals surface area contributed by atoms with Crippen LogP contribution < -0.4 is 10.1 Å². The zero-order chi connectivity index (χ0) is 23.1. The van der Waals surface area contributed by atoms with E-state index in [0.29, 0.717) is 41.2 Å². The fourth-order valence-electron chi connectivity index (χ4n) is 6.05. The van der Waals surface area contributed by atoms with E-state index in [1.807, 2.05) is 24.3 Å². The predicted octanol–water partition coefficient (Wildman–Crippen LogP) is 6.59. The molecule has 5 heteroatoms. The summed E-state index contributed by atoms with van der Waals surface area (Å²) in [5, 5.41) is 2.98. The normalized spacial score (nSPS) is 26.2. The van der Waals surface area contributed by atoms with Gasteiger partial charge in [0, 0.05) is 12.5 Å². The van der Waals surface area contributed by atoms with Gasteiger partial charge in [-0.3, -0.25) is 5.32 Å². The summed E-state index contributed by atoms with van der Waals surface area (Å²) in [6.07, 6.45) is 6.51. The molecular weight excluding hydrogens is 400 g/mol. The van der Waals surface area contributed by atoms with Crippen molar-refractivity contribution in [1.82, 2.24) is 4.90 Å². The molecule has 4 atom stereocenters. The lowest BCUT2D eigenvalue weighted by Crippen LogP contribution is -2.56. The van der Waals surface area contributed by atoms with Crippen molar-refractivity contribution in [2.45, 2.75) is 79.2 Å². The van der Waals surface area contributed by atoms with Gasteiger partial charge in [0.15, 0.2) is 0 Å². The van der Waals surface area contributed by atoms with Crippen molar-refractivity contribution in [1.29, 1.82) is 0 Å². The Balaban J connectivity index is 1.68. The summed E-state index contributed by atoms with van der Waals surface area (Å²) in [4.78, 5) is 15.5. The van der Waals surface area contributed by atoms with Gasteiger partial charge in [-0.1, -0.05) is 59.6 Å². The summed E-state index contributed by atoms with van der Waals surface area (Å²) in [6, 6.07) is 7.66. The molecule has 0 spiro atoms. The van der Waals surface area contributed by atoms with Gasteiger partial charge in [0.1, 0.15) is 11.9 Å². The van der Waals surface area contributed by atoms with Crippen molar-refractivity contribution < 1.29 is 14.3 Å². The number of nitrogens with one attached hydrogen (secondary N) is 1. The highest BCUT2D eigenvalue weighted by molar-refractivity contribution is 5.86. The third kappa shape index (κ3) is 5.98. The van der Waals surface area contributed by atoms with Gasteiger partial charge in [-0.15, -0.1) is 0 Å². The van der Waals surface area contributed by atoms with Crippen LogP contribution >= 0.6 is 0 Å². The maximum Gasteiger partial charge on any atom is 0.412 e. The van der Waals surface area contributed by atoms with Crippen LogP contribution in [0.4, 0.5) is 10.5 Å². The highest BCUT2D eigenvalue weighted by Crippen LogP contribution is 2.56. The maximum atomic E-state index is 13.0. The Kier molecular flexibility index (Phi) is 8.87. The van der Waals surface area contributed by atoms with Crippen LogP contribution in [-0.4, -0.2) is 43.3 Å². The van der Waals surface area contributed by atoms with E-state index in [2.05, 4.69) is 44.8 Å². The smallest absolute Gasteiger partial charge is 0.412 e. The summed E-state index contributed by atoms with van der Waals surface area (Å²) in [6.45, 7) is 15.2. The Morgan fingerprint density at radius 3 is 2.56 bits per heavy atom. The first-order valence-corrected chi connectivity index (χ1v) is 12.8. The number of carbonyl (C=O) groups excluding carboxylic acids is 1. The minimum Gasteiger partial charge on any atom is -0.491 e. The highest BCUT2D eigenvalue weighted by Gasteiger charge is 2.53. The molecule has 3 aliphatic rings. The number of nitrogens with zero attached hydrogens (tertiary/aromatic N) is 1. The molecule has 1 aromatic carbocycles. The standard InChI is InChI=1S/C27H44N2O3/c1-6-9-12-17-31-24-14-11-10-13-23(24)28-26(30)32-25-20-15-16-22(27(4,5)18-20)21(25)19-29(7-2)8-3/h10-11,13-14,20-22,25H,6-9,12,15-19H2,1-5H3,(H,28,30)/t20-,21+,22+,25+/m1/s1. The molecule has 0 saturated heterocycles. The van der Waals surface area contributed by atoms with E-state index in [-0.39, 0.29) is 12.2 Å². The van der Waals surface area contributed by atoms with Crippen molar-refractivity contribution in [3.63, 3.8) is 0 Å². The predicted molar refractivity (Wildman–Crippen MR) is 131 cm³/mol. The van der Waals surface area contributed by atoms with Gasteiger partial charge in [-0.25, -0.2) is 4.79 Å². The Morgan fingerprint density at radius 2 is 1.88 bits per heavy atom. The minimum absolute atomic E-state index is 0.0139. The molecule has 180 valence electrons. The average molecular weight is 445 g/mol. The van der Waals surface area contributed by atoms with E-state index < -0.39 is 0 Å². The fraction of sp³-hybridized carbons (Fsp3) is 0.741. The average Bonchev–Trinajstić information content (AvgIpc) is 2.77. The van der Waals surface area contributed by atoms with E-state index >= 15 is 0 Å². The van der Waals surface area contributed by atoms with Gasteiger partial charge in [-0.2, -0.15) is 0 Å². The first kappa shape index (κ1) is 24.9. The van der Waals surface area contributed by atoms with E-state index in [1.165, 1.54) is 6.42 Å². The highest BCUT2D eigenvalue weighted by atomic mass is 16.6. The zero-order valence-corrected chi connectivity index (χ0v) is 20.9. The van der Waals surface area contributed by atoms with Crippen LogP contribution in [0, 0.1) is 23.2 Å². The van der Waals surface area contributed by atoms with Crippen molar-refractivity contribution >= 4 is 11.8 Å². The van der Waals surface area contributed by atoms with Crippen molar-refractivity contribution in [3.8, 4) is 5.75 Å². The third-order valence-electron chi connectivity index (χ3n) is 7.78. The molecule has 0 radical (unpaired) electrons. The van der Waals surface area contributed by atoms with Crippen molar-refractivity contribution in [2.75, 3.05) is 31.6 Å². The fourth-order valence-corrected chi connectivity index (χ4v) is 6.05. The van der Waals surface area contributed by atoms with E-state index in [1.54, 1.807) is 0 Å². The second kappa shape index (κ2) is 11.4. The van der Waals surface area contributed by atoms with Gasteiger partial charge in [-0.05, 0) is 68.2 Å². The van der Waals surface area contributed by atoms with Crippen LogP contribution in [0.15, 0.2) is 24.3 Å². The monoisotopic (exact) mass is 444 g/mol. The Bertz CT molecular complexity index is 731. The second-order valence-corrected chi connectivity index (χ2v) is 10.3. The second-order valence-electron chi connectivity index (χ2n) is 10.3. The summed E-state index contributed by atoms with van der Waals surface area (Å²) in [5.41, 5.74) is 1.01. The number of rotatable bonds is 11. The molecule has 5 nitrogen and oxygen atoms in total. The molecule has 0 aromatic heterocycles. The van der Waals surface area contributed by atoms with Crippen LogP contribution in [-0.2, 0) is 4.74 Å². The number of unbranched alkanes of at least 4 members (excludes halogenated alkanes) is 2. The zero-order valence-electron chi connectivity index (χ0n) is 20.9. The molecule has 0 unspecified atom stereocenters. The number of anilines is 1. The van der Waals surface area contributed by atoms with Crippen LogP contribution in [0.5, 0.6) is 5.75 Å². The lowest BCUT2D eigenvalue weighted by Gasteiger charge is -2.56. The molecule has 1 amide bonds. The number of fused-ring (bicyclic) bond motifs is 3. The van der Waals surface area contributed by atoms with Crippen molar-refractivity contribution in [3.05, 3.63) is 24.3 Å². The Morgan fingerprint density at radius 1 is 1.12 bits per heavy atom. The molecule has 1 N–H and O–H groups in total. The molecular formula is C27H44N2O3. The van der Waals surface area contributed by atoms with Gasteiger partial charge in [0.25, 0.3) is 0 Å². The summed E-state index contributed by atoms with van der Waals surface area (Å²) in [5.74, 6) is 2.15. The van der Waals surface area contributed by atoms with Gasteiger partial charge in [0.2, 0.25) is 0 Å². The maximum absolute atomic E-state index is 13.0. The number of hydrogen-bond donors (Lipinski definition) is 1. The summed E-state index contributed by atoms with van der Waals surface area (Å²) in [7, 11) is 0. The first-order chi connectivity index (χ1) is 15.4. The van der Waals surface area contributed by atoms with Gasteiger partial charge >= 0.3 is 6.09 Å². The molecule has 4 rings (SSSR count). The number of carbonyl (C=O) groups is 1. The molecule has 32 heavy (non-hydrogen) atoms. The van der Waals surface area contributed by atoms with Crippen LogP contribution in [0.1, 0.15) is 73.1 Å². The Labute approximate surface area is 195 Å². The largest absolute Gasteiger partial charge is 0.491 e.